The second-order valence-electron chi connectivity index (χ2n) is 6.40. The third-order valence-electron chi connectivity index (χ3n) is 4.97. The van der Waals surface area contributed by atoms with Crippen LogP contribution in [0.5, 0.6) is 0 Å². The molecule has 0 heterocycles. The van der Waals surface area contributed by atoms with Gasteiger partial charge in [0.25, 0.3) is 0 Å². The zero-order valence-corrected chi connectivity index (χ0v) is 14.9. The zero-order chi connectivity index (χ0) is 17.5. The summed E-state index contributed by atoms with van der Waals surface area (Å²) in [5.41, 5.74) is 7.03. The topological polar surface area (TPSA) is 80.4 Å². The van der Waals surface area contributed by atoms with Gasteiger partial charge in [-0.05, 0) is 36.8 Å². The first-order chi connectivity index (χ1) is 11.4. The van der Waals surface area contributed by atoms with Crippen LogP contribution in [0.4, 0.5) is 0 Å². The van der Waals surface area contributed by atoms with E-state index in [2.05, 4.69) is 0 Å². The molecule has 0 bridgehead atoms. The quantitative estimate of drug-likeness (QED) is 0.853. The molecule has 0 unspecified atom stereocenters. The minimum atomic E-state index is -3.62. The molecule has 0 aromatic heterocycles. The van der Waals surface area contributed by atoms with Crippen LogP contribution in [0.3, 0.4) is 0 Å². The molecule has 0 aliphatic heterocycles. The zero-order valence-electron chi connectivity index (χ0n) is 13.3. The molecule has 0 saturated heterocycles. The molecule has 0 amide bonds. The van der Waals surface area contributed by atoms with Crippen LogP contribution in [0.2, 0.25) is 5.02 Å². The molecule has 128 valence electrons. The van der Waals surface area contributed by atoms with E-state index in [0.29, 0.717) is 5.02 Å². The van der Waals surface area contributed by atoms with Crippen LogP contribution in [0.15, 0.2) is 53.4 Å². The lowest BCUT2D eigenvalue weighted by Crippen LogP contribution is -2.27. The molecule has 4 nitrogen and oxygen atoms in total. The molecule has 6 heteroatoms. The molecule has 0 radical (unpaired) electrons. The second kappa shape index (κ2) is 6.15. The van der Waals surface area contributed by atoms with E-state index >= 15 is 0 Å². The Kier molecular flexibility index (Phi) is 4.47. The van der Waals surface area contributed by atoms with Gasteiger partial charge in [-0.15, -0.1) is 0 Å². The molecular formula is C18H20ClNO3S. The van der Waals surface area contributed by atoms with Gasteiger partial charge < -0.3 is 10.8 Å². The summed E-state index contributed by atoms with van der Waals surface area (Å²) >= 11 is 5.85. The Morgan fingerprint density at radius 3 is 2.21 bits per heavy atom. The van der Waals surface area contributed by atoms with E-state index in [1.165, 1.54) is 12.1 Å². The average Bonchev–Trinajstić information content (AvgIpc) is 3.26. The van der Waals surface area contributed by atoms with Crippen molar-refractivity contribution in [1.29, 1.82) is 0 Å². The van der Waals surface area contributed by atoms with Gasteiger partial charge in [0.1, 0.15) is 0 Å². The number of halogens is 1. The lowest BCUT2D eigenvalue weighted by atomic mass is 9.99. The van der Waals surface area contributed by atoms with E-state index < -0.39 is 20.5 Å². The summed E-state index contributed by atoms with van der Waals surface area (Å²) in [7, 11) is -3.62. The predicted molar refractivity (Wildman–Crippen MR) is 94.9 cm³/mol. The van der Waals surface area contributed by atoms with Gasteiger partial charge in [-0.25, -0.2) is 8.42 Å². The number of benzene rings is 2. The summed E-state index contributed by atoms with van der Waals surface area (Å²) in [6.45, 7) is 1.82. The Hall–Kier alpha value is -1.40. The molecule has 2 aromatic rings. The molecule has 3 atom stereocenters. The standard InChI is InChI=1S/C18H20ClNO3S/c1-12-2-4-13(5-3-12)16-17(18(16,10-20)11-21)24(22,23)15-8-6-14(19)7-9-15/h2-9,16-17,21H,10-11,20H2,1H3/t16-,17-,18+/m1/s1. The van der Waals surface area contributed by atoms with Crippen molar-refractivity contribution in [3.63, 3.8) is 0 Å². The first kappa shape index (κ1) is 17.4. The monoisotopic (exact) mass is 365 g/mol. The fourth-order valence-electron chi connectivity index (χ4n) is 3.49. The van der Waals surface area contributed by atoms with Gasteiger partial charge >= 0.3 is 0 Å². The molecule has 3 N–H and O–H groups in total. The number of aliphatic hydroxyl groups is 1. The highest BCUT2D eigenvalue weighted by Gasteiger charge is 2.70. The fourth-order valence-corrected chi connectivity index (χ4v) is 6.07. The van der Waals surface area contributed by atoms with E-state index in [1.54, 1.807) is 12.1 Å². The van der Waals surface area contributed by atoms with E-state index in [-0.39, 0.29) is 24.0 Å². The van der Waals surface area contributed by atoms with Crippen molar-refractivity contribution in [3.8, 4) is 0 Å². The molecule has 1 saturated carbocycles. The number of sulfone groups is 1. The van der Waals surface area contributed by atoms with E-state index in [0.717, 1.165) is 11.1 Å². The SMILES string of the molecule is Cc1ccc([C@@H]2[C@@H](S(=O)(=O)c3ccc(Cl)cc3)[C@@]2(CN)CO)cc1. The van der Waals surface area contributed by atoms with Gasteiger partial charge in [-0.2, -0.15) is 0 Å². The molecule has 0 spiro atoms. The second-order valence-corrected chi connectivity index (χ2v) is 8.91. The van der Waals surface area contributed by atoms with Crippen LogP contribution in [-0.4, -0.2) is 31.9 Å². The third-order valence-corrected chi connectivity index (χ3v) is 7.56. The van der Waals surface area contributed by atoms with Gasteiger partial charge in [0.2, 0.25) is 0 Å². The van der Waals surface area contributed by atoms with Crippen LogP contribution in [0, 0.1) is 12.3 Å². The molecule has 2 aromatic carbocycles. The van der Waals surface area contributed by atoms with Gasteiger partial charge in [-0.1, -0.05) is 41.4 Å². The number of nitrogens with two attached hydrogens (primary N) is 1. The van der Waals surface area contributed by atoms with E-state index in [1.807, 2.05) is 31.2 Å². The summed E-state index contributed by atoms with van der Waals surface area (Å²) in [5, 5.41) is 9.65. The third kappa shape index (κ3) is 2.65. The largest absolute Gasteiger partial charge is 0.396 e. The number of aliphatic hydroxyl groups excluding tert-OH is 1. The minimum absolute atomic E-state index is 0.111. The number of hydrogen-bond acceptors (Lipinski definition) is 4. The maximum absolute atomic E-state index is 13.1. The summed E-state index contributed by atoms with van der Waals surface area (Å²) in [6, 6.07) is 13.8. The van der Waals surface area contributed by atoms with Crippen LogP contribution < -0.4 is 5.73 Å². The fraction of sp³-hybridized carbons (Fsp3) is 0.333. The van der Waals surface area contributed by atoms with E-state index in [4.69, 9.17) is 17.3 Å². The Morgan fingerprint density at radius 2 is 1.71 bits per heavy atom. The Labute approximate surface area is 147 Å². The highest BCUT2D eigenvalue weighted by atomic mass is 35.5. The minimum Gasteiger partial charge on any atom is -0.396 e. The molecular weight excluding hydrogens is 346 g/mol. The van der Waals surface area contributed by atoms with Crippen molar-refractivity contribution < 1.29 is 13.5 Å². The predicted octanol–water partition coefficient (Wildman–Crippen LogP) is 2.53. The number of rotatable bonds is 5. The molecule has 1 aliphatic rings. The van der Waals surface area contributed by atoms with Crippen molar-refractivity contribution in [2.24, 2.45) is 11.1 Å². The number of hydrogen-bond donors (Lipinski definition) is 2. The first-order valence-corrected chi connectivity index (χ1v) is 9.66. The normalized spacial score (nSPS) is 26.3. The lowest BCUT2D eigenvalue weighted by molar-refractivity contribution is 0.212. The smallest absolute Gasteiger partial charge is 0.182 e. The summed E-state index contributed by atoms with van der Waals surface area (Å²) in [5.74, 6) is -0.311. The van der Waals surface area contributed by atoms with Gasteiger partial charge in [0.05, 0.1) is 16.8 Å². The highest BCUT2D eigenvalue weighted by molar-refractivity contribution is 7.92. The number of aryl methyl sites for hydroxylation is 1. The van der Waals surface area contributed by atoms with Crippen LogP contribution >= 0.6 is 11.6 Å². The molecule has 1 fully saturated rings. The Morgan fingerprint density at radius 1 is 1.12 bits per heavy atom. The van der Waals surface area contributed by atoms with E-state index in [9.17, 15) is 13.5 Å². The molecule has 24 heavy (non-hydrogen) atoms. The van der Waals surface area contributed by atoms with Crippen molar-refractivity contribution in [2.75, 3.05) is 13.2 Å². The van der Waals surface area contributed by atoms with Crippen molar-refractivity contribution in [1.82, 2.24) is 0 Å². The maximum Gasteiger partial charge on any atom is 0.182 e. The van der Waals surface area contributed by atoms with Crippen molar-refractivity contribution >= 4 is 21.4 Å². The van der Waals surface area contributed by atoms with Crippen LogP contribution in [0.1, 0.15) is 17.0 Å². The Balaban J connectivity index is 2.04. The van der Waals surface area contributed by atoms with Crippen molar-refractivity contribution in [2.45, 2.75) is 23.0 Å². The first-order valence-electron chi connectivity index (χ1n) is 7.74. The summed E-state index contributed by atoms with van der Waals surface area (Å²) in [4.78, 5) is 0.206. The van der Waals surface area contributed by atoms with Gasteiger partial charge in [0.15, 0.2) is 9.84 Å². The van der Waals surface area contributed by atoms with Crippen molar-refractivity contribution in [3.05, 3.63) is 64.7 Å². The lowest BCUT2D eigenvalue weighted by Gasteiger charge is -2.12. The molecule has 1 aliphatic carbocycles. The van der Waals surface area contributed by atoms with Gasteiger partial charge in [-0.3, -0.25) is 0 Å². The Bertz CT molecular complexity index is 828. The highest BCUT2D eigenvalue weighted by Crippen LogP contribution is 2.63. The van der Waals surface area contributed by atoms with Gasteiger partial charge in [0, 0.05) is 22.9 Å². The van der Waals surface area contributed by atoms with Crippen LogP contribution in [0.25, 0.3) is 0 Å². The summed E-state index contributed by atoms with van der Waals surface area (Å²) in [6.07, 6.45) is 0. The summed E-state index contributed by atoms with van der Waals surface area (Å²) < 4.78 is 26.2. The maximum atomic E-state index is 13.1. The molecule has 3 rings (SSSR count). The average molecular weight is 366 g/mol. The van der Waals surface area contributed by atoms with Crippen LogP contribution in [-0.2, 0) is 9.84 Å².